The van der Waals surface area contributed by atoms with Crippen molar-refractivity contribution < 1.29 is 9.59 Å². The van der Waals surface area contributed by atoms with Crippen molar-refractivity contribution in [2.24, 2.45) is 0 Å². The second-order valence-electron chi connectivity index (χ2n) is 8.33. The minimum absolute atomic E-state index is 0.0383. The summed E-state index contributed by atoms with van der Waals surface area (Å²) in [6, 6.07) is 13.8. The van der Waals surface area contributed by atoms with Gasteiger partial charge < -0.3 is 14.7 Å². The molecule has 0 bridgehead atoms. The molecule has 1 fully saturated rings. The van der Waals surface area contributed by atoms with E-state index in [0.29, 0.717) is 5.56 Å². The molecule has 32 heavy (non-hydrogen) atoms. The first-order chi connectivity index (χ1) is 15.3. The molecule has 1 aromatic carbocycles. The molecule has 1 saturated heterocycles. The fraction of sp³-hybridized carbons (Fsp3) is 0.320. The Hall–Kier alpha value is -3.19. The van der Waals surface area contributed by atoms with Gasteiger partial charge in [-0.2, -0.15) is 0 Å². The van der Waals surface area contributed by atoms with Crippen LogP contribution in [0.2, 0.25) is 0 Å². The Morgan fingerprint density at radius 2 is 1.62 bits per heavy atom. The molecule has 1 aliphatic rings. The first kappa shape index (κ1) is 22.0. The molecule has 0 aliphatic carbocycles. The number of piperazine rings is 1. The van der Waals surface area contributed by atoms with Gasteiger partial charge in [0, 0.05) is 51.5 Å². The maximum Gasteiger partial charge on any atom is 0.257 e. The third kappa shape index (κ3) is 4.53. The van der Waals surface area contributed by atoms with E-state index in [0.717, 1.165) is 53.8 Å². The number of carbonyl (C=O) groups is 2. The zero-order valence-electron chi connectivity index (χ0n) is 19.0. The van der Waals surface area contributed by atoms with Crippen molar-refractivity contribution in [3.8, 4) is 10.6 Å². The van der Waals surface area contributed by atoms with Crippen molar-refractivity contribution in [2.75, 3.05) is 50.1 Å². The molecule has 166 valence electrons. The fourth-order valence-electron chi connectivity index (χ4n) is 3.88. The Bertz CT molecular complexity index is 1130. The maximum absolute atomic E-state index is 12.9. The first-order valence-corrected chi connectivity index (χ1v) is 11.6. The van der Waals surface area contributed by atoms with Crippen molar-refractivity contribution in [3.05, 3.63) is 64.5 Å². The largest absolute Gasteiger partial charge is 0.368 e. The molecule has 3 heterocycles. The van der Waals surface area contributed by atoms with Crippen LogP contribution in [0.4, 0.5) is 11.5 Å². The predicted octanol–water partition coefficient (Wildman–Crippen LogP) is 4.35. The lowest BCUT2D eigenvalue weighted by Crippen LogP contribution is -2.47. The monoisotopic (exact) mass is 448 g/mol. The molecule has 0 atom stereocenters. The van der Waals surface area contributed by atoms with Gasteiger partial charge >= 0.3 is 0 Å². The molecule has 1 aliphatic heterocycles. The molecular formula is C25H28N4O2S. The van der Waals surface area contributed by atoms with Crippen LogP contribution in [0.3, 0.4) is 0 Å². The van der Waals surface area contributed by atoms with Crippen LogP contribution in [0.15, 0.2) is 47.8 Å². The highest BCUT2D eigenvalue weighted by atomic mass is 32.1. The Morgan fingerprint density at radius 3 is 2.19 bits per heavy atom. The summed E-state index contributed by atoms with van der Waals surface area (Å²) in [7, 11) is 3.54. The number of anilines is 2. The van der Waals surface area contributed by atoms with Gasteiger partial charge in [0.25, 0.3) is 5.91 Å². The van der Waals surface area contributed by atoms with E-state index in [9.17, 15) is 9.59 Å². The van der Waals surface area contributed by atoms with E-state index in [-0.39, 0.29) is 11.7 Å². The molecule has 2 aromatic heterocycles. The summed E-state index contributed by atoms with van der Waals surface area (Å²) < 4.78 is 0. The van der Waals surface area contributed by atoms with Gasteiger partial charge in [0.05, 0.1) is 16.1 Å². The minimum Gasteiger partial charge on any atom is -0.368 e. The van der Waals surface area contributed by atoms with E-state index >= 15 is 0 Å². The van der Waals surface area contributed by atoms with Crippen LogP contribution in [0.25, 0.3) is 10.6 Å². The molecule has 3 aromatic rings. The number of rotatable bonds is 5. The number of benzene rings is 1. The summed E-state index contributed by atoms with van der Waals surface area (Å²) in [4.78, 5) is 36.6. The van der Waals surface area contributed by atoms with Crippen LogP contribution < -0.4 is 9.80 Å². The van der Waals surface area contributed by atoms with Gasteiger partial charge in [-0.15, -0.1) is 11.3 Å². The fourth-order valence-corrected chi connectivity index (χ4v) is 4.75. The number of hydrogen-bond acceptors (Lipinski definition) is 6. The first-order valence-electron chi connectivity index (χ1n) is 10.7. The Labute approximate surface area is 193 Å². The second kappa shape index (κ2) is 9.12. The molecule has 6 nitrogen and oxygen atoms in total. The number of ketones is 1. The van der Waals surface area contributed by atoms with Crippen molar-refractivity contribution in [1.82, 2.24) is 9.88 Å². The number of carbonyl (C=O) groups excluding carboxylic acids is 2. The lowest BCUT2D eigenvalue weighted by atomic mass is 10.1. The van der Waals surface area contributed by atoms with E-state index in [1.807, 2.05) is 36.4 Å². The molecular weight excluding hydrogens is 420 g/mol. The summed E-state index contributed by atoms with van der Waals surface area (Å²) in [5.41, 5.74) is 4.58. The molecule has 0 unspecified atom stereocenters. The highest BCUT2D eigenvalue weighted by molar-refractivity contribution is 7.13. The van der Waals surface area contributed by atoms with Gasteiger partial charge in [0.2, 0.25) is 0 Å². The highest BCUT2D eigenvalue weighted by Gasteiger charge is 2.25. The molecule has 4 rings (SSSR count). The summed E-state index contributed by atoms with van der Waals surface area (Å²) in [6.45, 7) is 6.83. The second-order valence-corrected chi connectivity index (χ2v) is 9.24. The molecule has 0 N–H and O–H groups in total. The van der Waals surface area contributed by atoms with Crippen LogP contribution in [0, 0.1) is 6.92 Å². The van der Waals surface area contributed by atoms with E-state index in [1.165, 1.54) is 5.56 Å². The zero-order valence-corrected chi connectivity index (χ0v) is 19.8. The molecule has 0 spiro atoms. The summed E-state index contributed by atoms with van der Waals surface area (Å²) in [5, 5.41) is 2.12. The number of Topliss-reactive ketones (excluding diaryl/α,β-unsaturated/α-hetero) is 1. The van der Waals surface area contributed by atoms with E-state index in [2.05, 4.69) is 28.2 Å². The van der Waals surface area contributed by atoms with Crippen LogP contribution in [-0.2, 0) is 0 Å². The Morgan fingerprint density at radius 1 is 0.969 bits per heavy atom. The molecule has 7 heteroatoms. The van der Waals surface area contributed by atoms with Crippen LogP contribution in [0.1, 0.15) is 33.2 Å². The van der Waals surface area contributed by atoms with Crippen molar-refractivity contribution >= 4 is 34.5 Å². The van der Waals surface area contributed by atoms with Crippen LogP contribution >= 0.6 is 11.3 Å². The van der Waals surface area contributed by atoms with Gasteiger partial charge in [-0.3, -0.25) is 9.59 Å². The van der Waals surface area contributed by atoms with Crippen LogP contribution in [-0.4, -0.2) is 61.8 Å². The number of amides is 1. The average molecular weight is 449 g/mol. The third-order valence-corrected chi connectivity index (χ3v) is 6.78. The lowest BCUT2D eigenvalue weighted by molar-refractivity contribution is 0.0827. The normalized spacial score (nSPS) is 13.9. The molecule has 0 radical (unpaired) electrons. The number of hydrogen-bond donors (Lipinski definition) is 0. The van der Waals surface area contributed by atoms with Gasteiger partial charge in [-0.1, -0.05) is 0 Å². The van der Waals surface area contributed by atoms with Gasteiger partial charge in [-0.25, -0.2) is 4.98 Å². The molecule has 1 amide bonds. The third-order valence-electron chi connectivity index (χ3n) is 5.71. The number of thiophene rings is 1. The van der Waals surface area contributed by atoms with Gasteiger partial charge in [0.15, 0.2) is 5.78 Å². The van der Waals surface area contributed by atoms with Crippen molar-refractivity contribution in [2.45, 2.75) is 13.8 Å². The number of aromatic nitrogens is 1. The standard InChI is InChI=1S/C25H28N4O2S/c1-17-15-23(32-16-17)22-10-9-21(25(31)27(3)4)24(26-22)29-13-11-28(12-14-29)20-7-5-19(6-8-20)18(2)30/h5-10,15-16H,11-14H2,1-4H3. The SMILES string of the molecule is CC(=O)c1ccc(N2CCN(c3nc(-c4cc(C)cs4)ccc3C(=O)N(C)C)CC2)cc1. The van der Waals surface area contributed by atoms with Crippen LogP contribution in [0.5, 0.6) is 0 Å². The summed E-state index contributed by atoms with van der Waals surface area (Å²) in [6.07, 6.45) is 0. The van der Waals surface area contributed by atoms with Crippen molar-refractivity contribution in [3.63, 3.8) is 0 Å². The van der Waals surface area contributed by atoms with E-state index < -0.39 is 0 Å². The highest BCUT2D eigenvalue weighted by Crippen LogP contribution is 2.30. The van der Waals surface area contributed by atoms with E-state index in [1.54, 1.807) is 37.3 Å². The zero-order chi connectivity index (χ0) is 22.8. The summed E-state index contributed by atoms with van der Waals surface area (Å²) >= 11 is 1.67. The lowest BCUT2D eigenvalue weighted by Gasteiger charge is -2.37. The van der Waals surface area contributed by atoms with Gasteiger partial charge in [0.1, 0.15) is 5.82 Å². The number of nitrogens with zero attached hydrogens (tertiary/aromatic N) is 4. The average Bonchev–Trinajstić information content (AvgIpc) is 3.24. The molecule has 0 saturated carbocycles. The van der Waals surface area contributed by atoms with E-state index in [4.69, 9.17) is 4.98 Å². The summed E-state index contributed by atoms with van der Waals surface area (Å²) in [5.74, 6) is 0.786. The van der Waals surface area contributed by atoms with Crippen molar-refractivity contribution in [1.29, 1.82) is 0 Å². The minimum atomic E-state index is -0.0383. The maximum atomic E-state index is 12.9. The predicted molar refractivity (Wildman–Crippen MR) is 131 cm³/mol. The number of aryl methyl sites for hydroxylation is 1. The Balaban J connectivity index is 1.58. The van der Waals surface area contributed by atoms with Gasteiger partial charge in [-0.05, 0) is 67.3 Å². The quantitative estimate of drug-likeness (QED) is 0.543. The number of pyridine rings is 1. The Kier molecular flexibility index (Phi) is 6.28. The smallest absolute Gasteiger partial charge is 0.257 e. The topological polar surface area (TPSA) is 56.8 Å².